The van der Waals surface area contributed by atoms with E-state index in [1.807, 2.05) is 38.1 Å². The molecular weight excluding hydrogens is 272 g/mol. The molecule has 1 N–H and O–H groups in total. The van der Waals surface area contributed by atoms with Gasteiger partial charge in [-0.25, -0.2) is 0 Å². The lowest BCUT2D eigenvalue weighted by atomic mass is 9.94. The van der Waals surface area contributed by atoms with Crippen molar-refractivity contribution in [2.75, 3.05) is 13.2 Å². The van der Waals surface area contributed by atoms with Crippen molar-refractivity contribution in [1.82, 2.24) is 0 Å². The zero-order valence-electron chi connectivity index (χ0n) is 9.37. The van der Waals surface area contributed by atoms with Crippen molar-refractivity contribution in [1.29, 1.82) is 0 Å². The van der Waals surface area contributed by atoms with Gasteiger partial charge in [-0.1, -0.05) is 34.1 Å². The Hall–Kier alpha value is -0.420. The normalized spacial score (nSPS) is 23.0. The highest BCUT2D eigenvalue weighted by atomic mass is 79.9. The van der Waals surface area contributed by atoms with Gasteiger partial charge in [0.1, 0.15) is 5.60 Å². The van der Waals surface area contributed by atoms with E-state index >= 15 is 0 Å². The van der Waals surface area contributed by atoms with Gasteiger partial charge < -0.3 is 14.6 Å². The predicted molar refractivity (Wildman–Crippen MR) is 64.0 cm³/mol. The summed E-state index contributed by atoms with van der Waals surface area (Å²) in [5, 5.41) is 10.5. The van der Waals surface area contributed by atoms with Crippen molar-refractivity contribution >= 4 is 15.9 Å². The maximum absolute atomic E-state index is 10.5. The molecule has 0 saturated carbocycles. The fourth-order valence-electron chi connectivity index (χ4n) is 1.66. The van der Waals surface area contributed by atoms with E-state index in [2.05, 4.69) is 15.9 Å². The second-order valence-corrected chi connectivity index (χ2v) is 5.34. The Balaban J connectivity index is 2.25. The van der Waals surface area contributed by atoms with Crippen molar-refractivity contribution in [3.63, 3.8) is 0 Å². The van der Waals surface area contributed by atoms with E-state index in [-0.39, 0.29) is 13.2 Å². The smallest absolute Gasteiger partial charge is 0.163 e. The average Bonchev–Trinajstić information content (AvgIpc) is 2.24. The summed E-state index contributed by atoms with van der Waals surface area (Å²) in [4.78, 5) is 0. The Morgan fingerprint density at radius 1 is 1.19 bits per heavy atom. The van der Waals surface area contributed by atoms with Crippen molar-refractivity contribution in [3.05, 3.63) is 34.3 Å². The van der Waals surface area contributed by atoms with Crippen LogP contribution < -0.4 is 0 Å². The first-order valence-corrected chi connectivity index (χ1v) is 5.98. The molecule has 16 heavy (non-hydrogen) atoms. The quantitative estimate of drug-likeness (QED) is 0.862. The van der Waals surface area contributed by atoms with Crippen LogP contribution in [0.1, 0.15) is 19.4 Å². The first-order valence-electron chi connectivity index (χ1n) is 5.18. The van der Waals surface area contributed by atoms with Crippen molar-refractivity contribution in [3.8, 4) is 0 Å². The molecule has 1 aliphatic rings. The molecule has 0 amide bonds. The van der Waals surface area contributed by atoms with E-state index in [0.717, 1.165) is 10.0 Å². The minimum Gasteiger partial charge on any atom is -0.380 e. The summed E-state index contributed by atoms with van der Waals surface area (Å²) in [6, 6.07) is 7.56. The Morgan fingerprint density at radius 2 is 1.75 bits per heavy atom. The molecule has 1 aromatic rings. The third-order valence-electron chi connectivity index (χ3n) is 2.69. The van der Waals surface area contributed by atoms with Crippen LogP contribution in [0.2, 0.25) is 0 Å². The molecular formula is C12H15BrO3. The second-order valence-electron chi connectivity index (χ2n) is 4.49. The van der Waals surface area contributed by atoms with Crippen LogP contribution in [0.5, 0.6) is 0 Å². The van der Waals surface area contributed by atoms with Gasteiger partial charge in [-0.15, -0.1) is 0 Å². The van der Waals surface area contributed by atoms with Crippen LogP contribution >= 0.6 is 15.9 Å². The number of hydrogen-bond donors (Lipinski definition) is 1. The molecule has 0 radical (unpaired) electrons. The van der Waals surface area contributed by atoms with E-state index in [9.17, 15) is 5.11 Å². The average molecular weight is 287 g/mol. The van der Waals surface area contributed by atoms with Gasteiger partial charge in [0.05, 0.1) is 13.2 Å². The summed E-state index contributed by atoms with van der Waals surface area (Å²) in [5.41, 5.74) is -0.277. The van der Waals surface area contributed by atoms with Gasteiger partial charge in [0.15, 0.2) is 5.79 Å². The molecule has 0 atom stereocenters. The largest absolute Gasteiger partial charge is 0.380 e. The van der Waals surface area contributed by atoms with Gasteiger partial charge >= 0.3 is 0 Å². The lowest BCUT2D eigenvalue weighted by molar-refractivity contribution is -0.305. The zero-order valence-corrected chi connectivity index (χ0v) is 11.0. The summed E-state index contributed by atoms with van der Waals surface area (Å²) in [7, 11) is 0. The Kier molecular flexibility index (Phi) is 3.09. The summed E-state index contributed by atoms with van der Waals surface area (Å²) in [5.74, 6) is -0.618. The third-order valence-corrected chi connectivity index (χ3v) is 3.38. The molecule has 0 aromatic heterocycles. The molecule has 88 valence electrons. The van der Waals surface area contributed by atoms with Crippen molar-refractivity contribution < 1.29 is 14.6 Å². The molecule has 0 bridgehead atoms. The van der Waals surface area contributed by atoms with E-state index < -0.39 is 11.4 Å². The number of aliphatic hydroxyl groups is 1. The minimum atomic E-state index is -1.07. The summed E-state index contributed by atoms with van der Waals surface area (Å²) < 4.78 is 11.9. The van der Waals surface area contributed by atoms with Gasteiger partial charge in [-0.05, 0) is 19.9 Å². The number of rotatable bonds is 1. The maximum atomic E-state index is 10.5. The van der Waals surface area contributed by atoms with Gasteiger partial charge in [0, 0.05) is 10.0 Å². The molecule has 1 saturated heterocycles. The fourth-order valence-corrected chi connectivity index (χ4v) is 2.32. The van der Waals surface area contributed by atoms with Crippen LogP contribution in [0.25, 0.3) is 0 Å². The van der Waals surface area contributed by atoms with Crippen LogP contribution in [0, 0.1) is 0 Å². The molecule has 3 nitrogen and oxygen atoms in total. The van der Waals surface area contributed by atoms with Crippen LogP contribution in [0.15, 0.2) is 28.7 Å². The second kappa shape index (κ2) is 4.11. The Bertz CT molecular complexity index is 380. The number of halogens is 1. The molecule has 0 unspecified atom stereocenters. The van der Waals surface area contributed by atoms with Crippen molar-refractivity contribution in [2.24, 2.45) is 0 Å². The predicted octanol–water partition coefficient (Wildman–Crippen LogP) is 2.42. The molecule has 4 heteroatoms. The molecule has 1 aliphatic heterocycles. The first-order chi connectivity index (χ1) is 7.43. The standard InChI is InChI=1S/C12H15BrO3/c1-11(2)15-7-12(14,8-16-11)9-5-3-4-6-10(9)13/h3-6,14H,7-8H2,1-2H3. The van der Waals surface area contributed by atoms with Crippen LogP contribution in [-0.2, 0) is 15.1 Å². The topological polar surface area (TPSA) is 38.7 Å². The lowest BCUT2D eigenvalue weighted by Crippen LogP contribution is -2.49. The minimum absolute atomic E-state index is 0.239. The Morgan fingerprint density at radius 3 is 2.31 bits per heavy atom. The van der Waals surface area contributed by atoms with Gasteiger partial charge in [0.2, 0.25) is 0 Å². The maximum Gasteiger partial charge on any atom is 0.163 e. The highest BCUT2D eigenvalue weighted by Gasteiger charge is 2.40. The molecule has 1 heterocycles. The Labute approximate surface area is 104 Å². The van der Waals surface area contributed by atoms with Gasteiger partial charge in [-0.2, -0.15) is 0 Å². The monoisotopic (exact) mass is 286 g/mol. The van der Waals surface area contributed by atoms with Crippen LogP contribution in [-0.4, -0.2) is 24.1 Å². The molecule has 0 aliphatic carbocycles. The summed E-state index contributed by atoms with van der Waals surface area (Å²) >= 11 is 3.42. The highest BCUT2D eigenvalue weighted by molar-refractivity contribution is 9.10. The fraction of sp³-hybridized carbons (Fsp3) is 0.500. The summed E-state index contributed by atoms with van der Waals surface area (Å²) in [6.07, 6.45) is 0. The van der Waals surface area contributed by atoms with E-state index in [4.69, 9.17) is 9.47 Å². The number of benzene rings is 1. The highest BCUT2D eigenvalue weighted by Crippen LogP contribution is 2.34. The van der Waals surface area contributed by atoms with Gasteiger partial charge in [-0.3, -0.25) is 0 Å². The molecule has 1 aromatic carbocycles. The lowest BCUT2D eigenvalue weighted by Gasteiger charge is -2.40. The van der Waals surface area contributed by atoms with Crippen molar-refractivity contribution in [2.45, 2.75) is 25.2 Å². The third kappa shape index (κ3) is 2.30. The van der Waals surface area contributed by atoms with Crippen LogP contribution in [0.3, 0.4) is 0 Å². The molecule has 1 fully saturated rings. The zero-order chi connectivity index (χ0) is 11.8. The number of hydrogen-bond acceptors (Lipinski definition) is 3. The SMILES string of the molecule is CC1(C)OCC(O)(c2ccccc2Br)CO1. The molecule has 2 rings (SSSR count). The summed E-state index contributed by atoms with van der Waals surface area (Å²) in [6.45, 7) is 4.16. The van der Waals surface area contributed by atoms with E-state index in [1.165, 1.54) is 0 Å². The van der Waals surface area contributed by atoms with E-state index in [0.29, 0.717) is 0 Å². The van der Waals surface area contributed by atoms with Crippen LogP contribution in [0.4, 0.5) is 0 Å². The molecule has 0 spiro atoms. The number of ether oxygens (including phenoxy) is 2. The van der Waals surface area contributed by atoms with Gasteiger partial charge in [0.25, 0.3) is 0 Å². The first kappa shape index (κ1) is 12.0. The van der Waals surface area contributed by atoms with E-state index in [1.54, 1.807) is 0 Å².